The van der Waals surface area contributed by atoms with Gasteiger partial charge in [-0.3, -0.25) is 9.59 Å². The molecule has 1 heterocycles. The van der Waals surface area contributed by atoms with Crippen molar-refractivity contribution in [2.45, 2.75) is 26.4 Å². The van der Waals surface area contributed by atoms with Gasteiger partial charge < -0.3 is 4.74 Å². The molecule has 1 aliphatic heterocycles. The lowest BCUT2D eigenvalue weighted by Gasteiger charge is -2.23. The molecule has 20 heavy (non-hydrogen) atoms. The number of benzene rings is 1. The molecule has 0 aliphatic carbocycles. The summed E-state index contributed by atoms with van der Waals surface area (Å²) in [4.78, 5) is 36.8. The van der Waals surface area contributed by atoms with Crippen LogP contribution in [0.3, 0.4) is 0 Å². The molecule has 0 saturated carbocycles. The molecule has 1 aliphatic rings. The van der Waals surface area contributed by atoms with Crippen molar-refractivity contribution in [2.24, 2.45) is 0 Å². The fourth-order valence-corrected chi connectivity index (χ4v) is 3.15. The lowest BCUT2D eigenvalue weighted by Crippen LogP contribution is -2.40. The number of amides is 2. The Morgan fingerprint density at radius 1 is 1.20 bits per heavy atom. The quantitative estimate of drug-likeness (QED) is 0.618. The third kappa shape index (κ3) is 2.64. The summed E-state index contributed by atoms with van der Waals surface area (Å²) in [6.07, 6.45) is -0.861. The van der Waals surface area contributed by atoms with Gasteiger partial charge in [0, 0.05) is 8.95 Å². The van der Waals surface area contributed by atoms with E-state index in [2.05, 4.69) is 31.9 Å². The first-order valence-electron chi connectivity index (χ1n) is 5.72. The van der Waals surface area contributed by atoms with Crippen LogP contribution >= 0.6 is 31.9 Å². The molecular formula is C13H11Br2NO4. The van der Waals surface area contributed by atoms with Gasteiger partial charge in [0.25, 0.3) is 5.78 Å². The molecule has 0 bridgehead atoms. The van der Waals surface area contributed by atoms with Gasteiger partial charge in [-0.15, -0.1) is 0 Å². The van der Waals surface area contributed by atoms with Crippen LogP contribution in [0.2, 0.25) is 0 Å². The minimum Gasteiger partial charge on any atom is -0.443 e. The summed E-state index contributed by atoms with van der Waals surface area (Å²) in [5.41, 5.74) is -0.369. The number of imide groups is 1. The van der Waals surface area contributed by atoms with Crippen LogP contribution in [0, 0.1) is 0 Å². The van der Waals surface area contributed by atoms with Crippen molar-refractivity contribution >= 4 is 55.3 Å². The van der Waals surface area contributed by atoms with Gasteiger partial charge in [-0.2, -0.15) is 0 Å². The Labute approximate surface area is 132 Å². The second-order valence-electron chi connectivity index (χ2n) is 5.23. The van der Waals surface area contributed by atoms with Gasteiger partial charge in [0.2, 0.25) is 0 Å². The summed E-state index contributed by atoms with van der Waals surface area (Å²) < 4.78 is 6.25. The molecule has 106 valence electrons. The largest absolute Gasteiger partial charge is 0.443 e. The van der Waals surface area contributed by atoms with Gasteiger partial charge >= 0.3 is 12.0 Å². The highest BCUT2D eigenvalue weighted by molar-refractivity contribution is 9.11. The molecule has 7 heteroatoms. The Balaban J connectivity index is 2.51. The number of Topliss-reactive ketones (excluding diaryl/α,β-unsaturated/α-hetero) is 1. The number of rotatable bonds is 0. The fraction of sp³-hybridized carbons (Fsp3) is 0.308. The summed E-state index contributed by atoms with van der Waals surface area (Å²) in [5.74, 6) is -1.64. The second kappa shape index (κ2) is 4.96. The first-order chi connectivity index (χ1) is 9.11. The number of hydrogen-bond acceptors (Lipinski definition) is 4. The summed E-state index contributed by atoms with van der Waals surface area (Å²) in [6.45, 7) is 5.06. The number of hydrogen-bond donors (Lipinski definition) is 0. The Bertz CT molecular complexity index is 634. The van der Waals surface area contributed by atoms with E-state index in [1.54, 1.807) is 26.8 Å². The summed E-state index contributed by atoms with van der Waals surface area (Å²) in [7, 11) is 0. The molecule has 0 unspecified atom stereocenters. The van der Waals surface area contributed by atoms with Gasteiger partial charge in [0.1, 0.15) is 5.60 Å². The molecule has 0 N–H and O–H groups in total. The molecule has 0 aromatic heterocycles. The van der Waals surface area contributed by atoms with Crippen LogP contribution in [0.4, 0.5) is 10.5 Å². The van der Waals surface area contributed by atoms with Gasteiger partial charge in [-0.25, -0.2) is 9.69 Å². The van der Waals surface area contributed by atoms with E-state index in [1.165, 1.54) is 6.07 Å². The minimum atomic E-state index is -0.909. The predicted octanol–water partition coefficient (Wildman–Crippen LogP) is 3.68. The normalized spacial score (nSPS) is 14.6. The number of halogens is 2. The molecular weight excluding hydrogens is 394 g/mol. The Morgan fingerprint density at radius 3 is 2.35 bits per heavy atom. The molecule has 0 radical (unpaired) electrons. The monoisotopic (exact) mass is 403 g/mol. The average molecular weight is 405 g/mol. The zero-order valence-electron chi connectivity index (χ0n) is 11.0. The number of carbonyl (C=O) groups excluding carboxylic acids is 3. The van der Waals surface area contributed by atoms with E-state index in [1.807, 2.05) is 0 Å². The standard InChI is InChI=1S/C13H11Br2NO4/c1-13(2,3)20-12(19)16-8-5-6(14)4-7(15)9(8)10(17)11(16)18/h4-5H,1-3H3. The van der Waals surface area contributed by atoms with E-state index in [0.717, 1.165) is 4.90 Å². The molecule has 0 saturated heterocycles. The third-order valence-corrected chi connectivity index (χ3v) is 3.56. The molecule has 2 amide bonds. The zero-order valence-corrected chi connectivity index (χ0v) is 14.2. The van der Waals surface area contributed by atoms with Crippen molar-refractivity contribution in [2.75, 3.05) is 4.90 Å². The van der Waals surface area contributed by atoms with Crippen molar-refractivity contribution in [3.63, 3.8) is 0 Å². The minimum absolute atomic E-state index is 0.170. The van der Waals surface area contributed by atoms with Crippen LogP contribution < -0.4 is 4.90 Å². The van der Waals surface area contributed by atoms with Crippen LogP contribution in [0.5, 0.6) is 0 Å². The number of anilines is 1. The maximum absolute atomic E-state index is 12.1. The van der Waals surface area contributed by atoms with Crippen LogP contribution in [-0.4, -0.2) is 23.4 Å². The number of carbonyl (C=O) groups is 3. The fourth-order valence-electron chi connectivity index (χ4n) is 1.77. The maximum Gasteiger partial charge on any atom is 0.422 e. The van der Waals surface area contributed by atoms with Crippen LogP contribution in [0.1, 0.15) is 31.1 Å². The van der Waals surface area contributed by atoms with E-state index in [9.17, 15) is 14.4 Å². The van der Waals surface area contributed by atoms with Crippen molar-refractivity contribution in [1.82, 2.24) is 0 Å². The van der Waals surface area contributed by atoms with Gasteiger partial charge in [0.05, 0.1) is 11.3 Å². The second-order valence-corrected chi connectivity index (χ2v) is 7.00. The predicted molar refractivity (Wildman–Crippen MR) is 79.9 cm³/mol. The van der Waals surface area contributed by atoms with Crippen molar-refractivity contribution < 1.29 is 19.1 Å². The van der Waals surface area contributed by atoms with E-state index in [-0.39, 0.29) is 11.3 Å². The van der Waals surface area contributed by atoms with Gasteiger partial charge in [-0.05, 0) is 48.8 Å². The number of nitrogens with zero attached hydrogens (tertiary/aromatic N) is 1. The molecule has 5 nitrogen and oxygen atoms in total. The summed E-state index contributed by atoms with van der Waals surface area (Å²) >= 11 is 6.48. The molecule has 0 atom stereocenters. The lowest BCUT2D eigenvalue weighted by molar-refractivity contribution is -0.114. The average Bonchev–Trinajstić information content (AvgIpc) is 2.48. The molecule has 0 fully saturated rings. The highest BCUT2D eigenvalue weighted by Gasteiger charge is 2.43. The van der Waals surface area contributed by atoms with Crippen LogP contribution in [0.15, 0.2) is 21.1 Å². The van der Waals surface area contributed by atoms with E-state index in [4.69, 9.17) is 4.74 Å². The molecule has 2 rings (SSSR count). The van der Waals surface area contributed by atoms with E-state index < -0.39 is 23.4 Å². The lowest BCUT2D eigenvalue weighted by atomic mass is 10.1. The molecule has 0 spiro atoms. The van der Waals surface area contributed by atoms with Crippen LogP contribution in [-0.2, 0) is 9.53 Å². The highest BCUT2D eigenvalue weighted by Crippen LogP contribution is 2.38. The van der Waals surface area contributed by atoms with E-state index in [0.29, 0.717) is 8.95 Å². The summed E-state index contributed by atoms with van der Waals surface area (Å²) in [6, 6.07) is 3.18. The Hall–Kier alpha value is -1.21. The zero-order chi connectivity index (χ0) is 15.2. The Kier molecular flexibility index (Phi) is 3.77. The van der Waals surface area contributed by atoms with Crippen molar-refractivity contribution in [3.05, 3.63) is 26.6 Å². The molecule has 1 aromatic rings. The first kappa shape index (κ1) is 15.2. The van der Waals surface area contributed by atoms with E-state index >= 15 is 0 Å². The molecule has 1 aromatic carbocycles. The van der Waals surface area contributed by atoms with Crippen LogP contribution in [0.25, 0.3) is 0 Å². The smallest absolute Gasteiger partial charge is 0.422 e. The van der Waals surface area contributed by atoms with Gasteiger partial charge in [0.15, 0.2) is 0 Å². The first-order valence-corrected chi connectivity index (χ1v) is 7.31. The number of fused-ring (bicyclic) bond motifs is 1. The summed E-state index contributed by atoms with van der Waals surface area (Å²) in [5, 5.41) is 0. The van der Waals surface area contributed by atoms with Gasteiger partial charge in [-0.1, -0.05) is 15.9 Å². The maximum atomic E-state index is 12.1. The number of ketones is 1. The highest BCUT2D eigenvalue weighted by atomic mass is 79.9. The number of ether oxygens (including phenoxy) is 1. The van der Waals surface area contributed by atoms with Crippen molar-refractivity contribution in [3.8, 4) is 0 Å². The van der Waals surface area contributed by atoms with Crippen molar-refractivity contribution in [1.29, 1.82) is 0 Å². The topological polar surface area (TPSA) is 63.7 Å². The third-order valence-electron chi connectivity index (χ3n) is 2.48. The Morgan fingerprint density at radius 2 is 1.80 bits per heavy atom. The SMILES string of the molecule is CC(C)(C)OC(=O)N1C(=O)C(=O)c2c(Br)cc(Br)cc21.